The third kappa shape index (κ3) is 3.60. The van der Waals surface area contributed by atoms with E-state index in [0.29, 0.717) is 19.3 Å². The number of rotatable bonds is 6. The van der Waals surface area contributed by atoms with Crippen molar-refractivity contribution in [1.82, 2.24) is 10.2 Å². The molecule has 0 aliphatic carbocycles. The van der Waals surface area contributed by atoms with E-state index in [1.807, 2.05) is 13.8 Å². The smallest absolute Gasteiger partial charge is 0.251 e. The van der Waals surface area contributed by atoms with Gasteiger partial charge in [0.25, 0.3) is 5.91 Å². The molecular weight excluding hydrogens is 270 g/mol. The number of likely N-dealkylation sites (N-methyl/N-ethyl adjacent to an activating group) is 1. The van der Waals surface area contributed by atoms with Crippen molar-refractivity contribution < 1.29 is 14.4 Å². The molecule has 0 aromatic heterocycles. The van der Waals surface area contributed by atoms with Crippen molar-refractivity contribution >= 4 is 17.7 Å². The summed E-state index contributed by atoms with van der Waals surface area (Å²) in [5.74, 6) is -1.03. The molecule has 6 nitrogen and oxygen atoms in total. The van der Waals surface area contributed by atoms with Gasteiger partial charge < -0.3 is 5.32 Å². The third-order valence-electron chi connectivity index (χ3n) is 3.96. The van der Waals surface area contributed by atoms with E-state index in [-0.39, 0.29) is 12.3 Å². The molecular formula is C15H23N3O3. The van der Waals surface area contributed by atoms with Crippen LogP contribution in [-0.4, -0.2) is 35.7 Å². The molecule has 116 valence electrons. The van der Waals surface area contributed by atoms with Crippen LogP contribution in [0.4, 0.5) is 0 Å². The summed E-state index contributed by atoms with van der Waals surface area (Å²) in [7, 11) is 1.42. The van der Waals surface area contributed by atoms with Gasteiger partial charge in [-0.25, -0.2) is 0 Å². The zero-order valence-electron chi connectivity index (χ0n) is 12.9. The number of amides is 3. The minimum Gasteiger partial charge on any atom is -0.343 e. The lowest BCUT2D eigenvalue weighted by Crippen LogP contribution is -2.55. The number of likely N-dealkylation sites (tertiary alicyclic amines) is 1. The van der Waals surface area contributed by atoms with Crippen LogP contribution in [0.3, 0.4) is 0 Å². The van der Waals surface area contributed by atoms with Crippen molar-refractivity contribution in [2.45, 2.75) is 58.4 Å². The summed E-state index contributed by atoms with van der Waals surface area (Å²) in [6, 6.07) is 1.43. The molecule has 6 heteroatoms. The molecule has 1 unspecified atom stereocenters. The molecule has 1 aliphatic rings. The molecule has 1 atom stereocenters. The molecule has 0 aromatic rings. The second-order valence-electron chi connectivity index (χ2n) is 5.55. The lowest BCUT2D eigenvalue weighted by atomic mass is 9.79. The monoisotopic (exact) mass is 293 g/mol. The first kappa shape index (κ1) is 17.2. The molecule has 3 amide bonds. The molecule has 0 radical (unpaired) electrons. The summed E-state index contributed by atoms with van der Waals surface area (Å²) in [5, 5.41) is 12.1. The lowest BCUT2D eigenvalue weighted by Gasteiger charge is -2.31. The summed E-state index contributed by atoms with van der Waals surface area (Å²) in [5.41, 5.74) is -1.08. The number of hydrogen-bond donors (Lipinski definition) is 1. The van der Waals surface area contributed by atoms with E-state index in [9.17, 15) is 19.6 Å². The summed E-state index contributed by atoms with van der Waals surface area (Å²) >= 11 is 0. The number of imide groups is 1. The highest BCUT2D eigenvalue weighted by Crippen LogP contribution is 2.30. The first-order valence-corrected chi connectivity index (χ1v) is 7.44. The van der Waals surface area contributed by atoms with Crippen LogP contribution in [0.2, 0.25) is 0 Å². The fraction of sp³-hybridized carbons (Fsp3) is 0.733. The van der Waals surface area contributed by atoms with Crippen molar-refractivity contribution in [2.24, 2.45) is 5.41 Å². The Labute approximate surface area is 125 Å². The molecule has 1 fully saturated rings. The topological polar surface area (TPSA) is 90.3 Å². The van der Waals surface area contributed by atoms with Gasteiger partial charge >= 0.3 is 0 Å². The van der Waals surface area contributed by atoms with E-state index in [4.69, 9.17) is 0 Å². The second kappa shape index (κ2) is 7.21. The normalized spacial score (nSPS) is 19.3. The molecule has 0 bridgehead atoms. The molecule has 1 N–H and O–H groups in total. The molecule has 0 saturated carbocycles. The minimum absolute atomic E-state index is 0.230. The molecule has 0 aromatic carbocycles. The zero-order chi connectivity index (χ0) is 16.0. The molecule has 1 rings (SSSR count). The van der Waals surface area contributed by atoms with Crippen LogP contribution in [0.25, 0.3) is 0 Å². The Morgan fingerprint density at radius 3 is 2.43 bits per heavy atom. The largest absolute Gasteiger partial charge is 0.343 e. The molecule has 0 spiro atoms. The minimum atomic E-state index is -1.08. The summed E-state index contributed by atoms with van der Waals surface area (Å²) in [6.07, 6.45) is 2.91. The summed E-state index contributed by atoms with van der Waals surface area (Å²) in [4.78, 5) is 37.0. The van der Waals surface area contributed by atoms with E-state index in [1.165, 1.54) is 7.05 Å². The Morgan fingerprint density at radius 2 is 1.95 bits per heavy atom. The third-order valence-corrected chi connectivity index (χ3v) is 3.96. The van der Waals surface area contributed by atoms with Gasteiger partial charge in [0.05, 0.1) is 6.07 Å². The summed E-state index contributed by atoms with van der Waals surface area (Å²) in [6.45, 7) is 3.85. The highest BCUT2D eigenvalue weighted by molar-refractivity contribution is 6.02. The maximum absolute atomic E-state index is 12.5. The Morgan fingerprint density at radius 1 is 1.38 bits per heavy atom. The van der Waals surface area contributed by atoms with Gasteiger partial charge in [-0.15, -0.1) is 0 Å². The van der Waals surface area contributed by atoms with Crippen LogP contribution < -0.4 is 5.32 Å². The molecule has 1 aliphatic heterocycles. The Bertz CT molecular complexity index is 461. The van der Waals surface area contributed by atoms with Gasteiger partial charge in [0.15, 0.2) is 0 Å². The van der Waals surface area contributed by atoms with Crippen molar-refractivity contribution in [1.29, 1.82) is 5.26 Å². The SMILES string of the molecule is CCCC(C#N)(CCC)C(=O)NC1CCC(=O)N(C)C1=O. The quantitative estimate of drug-likeness (QED) is 0.749. The van der Waals surface area contributed by atoms with E-state index >= 15 is 0 Å². The number of nitrogens with one attached hydrogen (secondary N) is 1. The highest BCUT2D eigenvalue weighted by atomic mass is 16.2. The van der Waals surface area contributed by atoms with E-state index in [1.54, 1.807) is 0 Å². The van der Waals surface area contributed by atoms with Gasteiger partial charge in [0, 0.05) is 13.5 Å². The molecule has 1 heterocycles. The van der Waals surface area contributed by atoms with Gasteiger partial charge in [0.1, 0.15) is 11.5 Å². The molecule has 1 saturated heterocycles. The molecule has 21 heavy (non-hydrogen) atoms. The van der Waals surface area contributed by atoms with E-state index in [2.05, 4.69) is 11.4 Å². The number of carbonyl (C=O) groups is 3. The van der Waals surface area contributed by atoms with Crippen LogP contribution in [0.5, 0.6) is 0 Å². The van der Waals surface area contributed by atoms with Gasteiger partial charge in [-0.1, -0.05) is 26.7 Å². The maximum atomic E-state index is 12.5. The maximum Gasteiger partial charge on any atom is 0.251 e. The van der Waals surface area contributed by atoms with Crippen molar-refractivity contribution in [2.75, 3.05) is 7.05 Å². The van der Waals surface area contributed by atoms with Crippen LogP contribution in [0.1, 0.15) is 52.4 Å². The van der Waals surface area contributed by atoms with E-state index < -0.39 is 23.3 Å². The van der Waals surface area contributed by atoms with Crippen LogP contribution in [-0.2, 0) is 14.4 Å². The average Bonchev–Trinajstić information content (AvgIpc) is 2.47. The predicted molar refractivity (Wildman–Crippen MR) is 76.8 cm³/mol. The van der Waals surface area contributed by atoms with Crippen LogP contribution in [0, 0.1) is 16.7 Å². The Balaban J connectivity index is 2.85. The van der Waals surface area contributed by atoms with Crippen LogP contribution in [0.15, 0.2) is 0 Å². The Kier molecular flexibility index (Phi) is 5.89. The van der Waals surface area contributed by atoms with Crippen molar-refractivity contribution in [3.05, 3.63) is 0 Å². The van der Waals surface area contributed by atoms with Gasteiger partial charge in [0.2, 0.25) is 11.8 Å². The van der Waals surface area contributed by atoms with Gasteiger partial charge in [-0.2, -0.15) is 5.26 Å². The number of nitriles is 1. The number of hydrogen-bond acceptors (Lipinski definition) is 4. The Hall–Kier alpha value is -1.90. The average molecular weight is 293 g/mol. The number of nitrogens with zero attached hydrogens (tertiary/aromatic N) is 2. The van der Waals surface area contributed by atoms with Crippen molar-refractivity contribution in [3.63, 3.8) is 0 Å². The lowest BCUT2D eigenvalue weighted by molar-refractivity contribution is -0.150. The summed E-state index contributed by atoms with van der Waals surface area (Å²) < 4.78 is 0. The first-order valence-electron chi connectivity index (χ1n) is 7.44. The van der Waals surface area contributed by atoms with Gasteiger partial charge in [-0.05, 0) is 19.3 Å². The van der Waals surface area contributed by atoms with Crippen molar-refractivity contribution in [3.8, 4) is 6.07 Å². The number of piperidine rings is 1. The number of carbonyl (C=O) groups excluding carboxylic acids is 3. The standard InChI is InChI=1S/C15H23N3O3/c1-4-8-15(10-16,9-5-2)14(21)17-11-6-7-12(19)18(3)13(11)20/h11H,4-9H2,1-3H3,(H,17,21). The van der Waals surface area contributed by atoms with Crippen LogP contribution >= 0.6 is 0 Å². The zero-order valence-corrected chi connectivity index (χ0v) is 12.9. The second-order valence-corrected chi connectivity index (χ2v) is 5.55. The first-order chi connectivity index (χ1) is 9.91. The van der Waals surface area contributed by atoms with E-state index in [0.717, 1.165) is 17.7 Å². The fourth-order valence-corrected chi connectivity index (χ4v) is 2.71. The fourth-order valence-electron chi connectivity index (χ4n) is 2.71. The van der Waals surface area contributed by atoms with Gasteiger partial charge in [-0.3, -0.25) is 19.3 Å². The highest BCUT2D eigenvalue weighted by Gasteiger charge is 2.40. The predicted octanol–water partition coefficient (Wildman–Crippen LogP) is 1.36.